The summed E-state index contributed by atoms with van der Waals surface area (Å²) in [5, 5.41) is 3.63. The summed E-state index contributed by atoms with van der Waals surface area (Å²) in [7, 11) is 0. The van der Waals surface area contributed by atoms with Crippen LogP contribution in [0, 0.1) is 0 Å². The molecule has 0 saturated carbocycles. The molecule has 14 heavy (non-hydrogen) atoms. The van der Waals surface area contributed by atoms with E-state index in [1.807, 2.05) is 0 Å². The van der Waals surface area contributed by atoms with Crippen LogP contribution in [0.15, 0.2) is 0 Å². The minimum atomic E-state index is 0.127. The Kier molecular flexibility index (Phi) is 4.90. The Labute approximate surface area is 88.4 Å². The van der Waals surface area contributed by atoms with Crippen LogP contribution >= 0.6 is 0 Å². The molecular weight excluding hydrogens is 174 g/mol. The summed E-state index contributed by atoms with van der Waals surface area (Å²) >= 11 is 0. The van der Waals surface area contributed by atoms with Gasteiger partial charge in [-0.15, -0.1) is 0 Å². The van der Waals surface area contributed by atoms with Crippen LogP contribution in [-0.2, 0) is 4.74 Å². The lowest BCUT2D eigenvalue weighted by molar-refractivity contribution is -0.0778. The zero-order valence-electron chi connectivity index (χ0n) is 9.94. The second kappa shape index (κ2) is 5.72. The van der Waals surface area contributed by atoms with Gasteiger partial charge in [0.15, 0.2) is 0 Å². The van der Waals surface area contributed by atoms with Crippen LogP contribution in [0.5, 0.6) is 0 Å². The fourth-order valence-corrected chi connectivity index (χ4v) is 2.03. The Bertz CT molecular complexity index is 160. The van der Waals surface area contributed by atoms with Crippen molar-refractivity contribution >= 4 is 0 Å². The predicted molar refractivity (Wildman–Crippen MR) is 60.6 cm³/mol. The van der Waals surface area contributed by atoms with Gasteiger partial charge < -0.3 is 10.1 Å². The first-order chi connectivity index (χ1) is 6.70. The van der Waals surface area contributed by atoms with E-state index in [-0.39, 0.29) is 5.60 Å². The van der Waals surface area contributed by atoms with Crippen molar-refractivity contribution in [2.45, 2.75) is 64.5 Å². The van der Waals surface area contributed by atoms with Crippen LogP contribution in [0.25, 0.3) is 0 Å². The number of hydrogen-bond acceptors (Lipinski definition) is 2. The number of nitrogens with one attached hydrogen (secondary N) is 1. The third-order valence-corrected chi connectivity index (χ3v) is 3.31. The first-order valence-electron chi connectivity index (χ1n) is 6.07. The molecule has 1 fully saturated rings. The molecule has 0 aromatic heterocycles. The molecule has 2 unspecified atom stereocenters. The second-order valence-electron chi connectivity index (χ2n) is 4.65. The first kappa shape index (κ1) is 12.0. The molecule has 1 saturated heterocycles. The predicted octanol–water partition coefficient (Wildman–Crippen LogP) is 2.72. The summed E-state index contributed by atoms with van der Waals surface area (Å²) in [5.41, 5.74) is 0.127. The lowest BCUT2D eigenvalue weighted by atomic mass is 9.90. The maximum absolute atomic E-state index is 5.81. The fraction of sp³-hybridized carbons (Fsp3) is 1.00. The molecule has 2 heteroatoms. The van der Waals surface area contributed by atoms with Crippen LogP contribution in [0.2, 0.25) is 0 Å². The molecule has 0 bridgehead atoms. The Morgan fingerprint density at radius 3 is 2.86 bits per heavy atom. The van der Waals surface area contributed by atoms with Gasteiger partial charge in [-0.05, 0) is 39.2 Å². The number of rotatable bonds is 5. The summed E-state index contributed by atoms with van der Waals surface area (Å²) in [6.45, 7) is 8.78. The van der Waals surface area contributed by atoms with E-state index < -0.39 is 0 Å². The van der Waals surface area contributed by atoms with Crippen molar-refractivity contribution < 1.29 is 4.74 Å². The van der Waals surface area contributed by atoms with Gasteiger partial charge in [0.25, 0.3) is 0 Å². The highest BCUT2D eigenvalue weighted by molar-refractivity contribution is 4.85. The molecule has 2 atom stereocenters. The van der Waals surface area contributed by atoms with E-state index in [1.165, 1.54) is 32.2 Å². The van der Waals surface area contributed by atoms with Crippen molar-refractivity contribution in [2.24, 2.45) is 0 Å². The van der Waals surface area contributed by atoms with E-state index in [2.05, 4.69) is 26.1 Å². The smallest absolute Gasteiger partial charge is 0.0666 e. The molecule has 1 rings (SSSR count). The average Bonchev–Trinajstić information content (AvgIpc) is 2.19. The van der Waals surface area contributed by atoms with Crippen molar-refractivity contribution in [1.82, 2.24) is 5.32 Å². The molecule has 0 aromatic rings. The van der Waals surface area contributed by atoms with Gasteiger partial charge in [-0.25, -0.2) is 0 Å². The third kappa shape index (κ3) is 3.58. The first-order valence-corrected chi connectivity index (χ1v) is 6.07. The molecule has 1 aliphatic heterocycles. The zero-order chi connectivity index (χ0) is 10.4. The van der Waals surface area contributed by atoms with E-state index in [0.717, 1.165) is 13.0 Å². The van der Waals surface area contributed by atoms with Gasteiger partial charge in [-0.3, -0.25) is 0 Å². The summed E-state index contributed by atoms with van der Waals surface area (Å²) in [6, 6.07) is 0.681. The lowest BCUT2D eigenvalue weighted by Crippen LogP contribution is -2.45. The normalized spacial score (nSPS) is 33.2. The zero-order valence-corrected chi connectivity index (χ0v) is 9.94. The minimum Gasteiger partial charge on any atom is -0.375 e. The van der Waals surface area contributed by atoms with E-state index in [1.54, 1.807) is 0 Å². The topological polar surface area (TPSA) is 21.3 Å². The average molecular weight is 199 g/mol. The van der Waals surface area contributed by atoms with Crippen LogP contribution in [0.4, 0.5) is 0 Å². The largest absolute Gasteiger partial charge is 0.375 e. The molecule has 1 aliphatic rings. The standard InChI is InChI=1S/C12H25NO/c1-4-6-8-13-11-7-9-14-12(3,5-2)10-11/h11,13H,4-10H2,1-3H3. The molecule has 0 radical (unpaired) electrons. The number of unbranched alkanes of at least 4 members (excludes halogenated alkanes) is 1. The van der Waals surface area contributed by atoms with Crippen LogP contribution < -0.4 is 5.32 Å². The summed E-state index contributed by atoms with van der Waals surface area (Å²) in [4.78, 5) is 0. The molecule has 0 spiro atoms. The van der Waals surface area contributed by atoms with Gasteiger partial charge in [0.05, 0.1) is 5.60 Å². The number of hydrogen-bond donors (Lipinski definition) is 1. The lowest BCUT2D eigenvalue weighted by Gasteiger charge is -2.38. The van der Waals surface area contributed by atoms with Crippen LogP contribution in [0.3, 0.4) is 0 Å². The maximum atomic E-state index is 5.81. The SMILES string of the molecule is CCCCNC1CCOC(C)(CC)C1. The molecule has 0 aromatic carbocycles. The quantitative estimate of drug-likeness (QED) is 0.687. The summed E-state index contributed by atoms with van der Waals surface area (Å²) in [6.07, 6.45) is 6.05. The molecule has 84 valence electrons. The van der Waals surface area contributed by atoms with Gasteiger partial charge in [0.1, 0.15) is 0 Å². The fourth-order valence-electron chi connectivity index (χ4n) is 2.03. The summed E-state index contributed by atoms with van der Waals surface area (Å²) < 4.78 is 5.81. The van der Waals surface area contributed by atoms with Gasteiger partial charge >= 0.3 is 0 Å². The Morgan fingerprint density at radius 2 is 2.21 bits per heavy atom. The van der Waals surface area contributed by atoms with Crippen molar-refractivity contribution in [3.05, 3.63) is 0 Å². The highest BCUT2D eigenvalue weighted by atomic mass is 16.5. The van der Waals surface area contributed by atoms with Gasteiger partial charge in [-0.1, -0.05) is 20.3 Å². The minimum absolute atomic E-state index is 0.127. The van der Waals surface area contributed by atoms with Crippen molar-refractivity contribution in [1.29, 1.82) is 0 Å². The number of ether oxygens (including phenoxy) is 1. The van der Waals surface area contributed by atoms with Gasteiger partial charge in [0.2, 0.25) is 0 Å². The van der Waals surface area contributed by atoms with Crippen LogP contribution in [0.1, 0.15) is 52.9 Å². The molecule has 1 heterocycles. The second-order valence-corrected chi connectivity index (χ2v) is 4.65. The van der Waals surface area contributed by atoms with Gasteiger partial charge in [0, 0.05) is 12.6 Å². The Balaban J connectivity index is 2.25. The molecule has 2 nitrogen and oxygen atoms in total. The van der Waals surface area contributed by atoms with Gasteiger partial charge in [-0.2, -0.15) is 0 Å². The van der Waals surface area contributed by atoms with E-state index in [0.29, 0.717) is 6.04 Å². The Morgan fingerprint density at radius 1 is 1.43 bits per heavy atom. The van der Waals surface area contributed by atoms with Crippen molar-refractivity contribution in [2.75, 3.05) is 13.2 Å². The van der Waals surface area contributed by atoms with E-state index in [4.69, 9.17) is 4.74 Å². The van der Waals surface area contributed by atoms with Crippen LogP contribution in [-0.4, -0.2) is 24.8 Å². The monoisotopic (exact) mass is 199 g/mol. The molecular formula is C12H25NO. The van der Waals surface area contributed by atoms with Crippen molar-refractivity contribution in [3.63, 3.8) is 0 Å². The maximum Gasteiger partial charge on any atom is 0.0666 e. The third-order valence-electron chi connectivity index (χ3n) is 3.31. The highest BCUT2D eigenvalue weighted by Crippen LogP contribution is 2.27. The molecule has 0 aliphatic carbocycles. The highest BCUT2D eigenvalue weighted by Gasteiger charge is 2.30. The van der Waals surface area contributed by atoms with Crippen molar-refractivity contribution in [3.8, 4) is 0 Å². The molecule has 0 amide bonds. The summed E-state index contributed by atoms with van der Waals surface area (Å²) in [5.74, 6) is 0. The van der Waals surface area contributed by atoms with E-state index in [9.17, 15) is 0 Å². The Hall–Kier alpha value is -0.0800. The molecule has 1 N–H and O–H groups in total. The van der Waals surface area contributed by atoms with E-state index >= 15 is 0 Å².